The van der Waals surface area contributed by atoms with Crippen LogP contribution in [0.1, 0.15) is 11.3 Å². The Labute approximate surface area is 156 Å². The number of rotatable bonds is 4. The van der Waals surface area contributed by atoms with Gasteiger partial charge in [-0.05, 0) is 60.2 Å². The maximum atomic E-state index is 11.3. The quantitative estimate of drug-likeness (QED) is 0.677. The second-order valence-electron chi connectivity index (χ2n) is 5.45. The fourth-order valence-electron chi connectivity index (χ4n) is 2.35. The molecule has 0 spiro atoms. The SMILES string of the molecule is N#CC(=Cc1ccc(-c2ccc(S(N)(=O)=O)cc2)o1)c1ccc(Cl)cc1. The first kappa shape index (κ1) is 18.0. The number of hydrogen-bond donors (Lipinski definition) is 1. The fourth-order valence-corrected chi connectivity index (χ4v) is 2.99. The molecule has 0 saturated heterocycles. The van der Waals surface area contributed by atoms with E-state index in [1.807, 2.05) is 0 Å². The Morgan fingerprint density at radius 1 is 1.04 bits per heavy atom. The molecule has 1 aromatic heterocycles. The second kappa shape index (κ2) is 7.18. The Morgan fingerprint density at radius 2 is 1.69 bits per heavy atom. The van der Waals surface area contributed by atoms with E-state index in [4.69, 9.17) is 21.2 Å². The topological polar surface area (TPSA) is 97.1 Å². The molecule has 0 atom stereocenters. The Morgan fingerprint density at radius 3 is 2.27 bits per heavy atom. The van der Waals surface area contributed by atoms with Crippen LogP contribution in [0.5, 0.6) is 0 Å². The third kappa shape index (κ3) is 4.03. The third-order valence-electron chi connectivity index (χ3n) is 3.66. The first-order valence-corrected chi connectivity index (χ1v) is 9.40. The van der Waals surface area contributed by atoms with Crippen LogP contribution in [0.25, 0.3) is 23.0 Å². The minimum absolute atomic E-state index is 0.0300. The van der Waals surface area contributed by atoms with Gasteiger partial charge in [0.25, 0.3) is 0 Å². The summed E-state index contributed by atoms with van der Waals surface area (Å²) in [6.07, 6.45) is 1.63. The van der Waals surface area contributed by atoms with Crippen LogP contribution in [-0.2, 0) is 10.0 Å². The molecular formula is C19H13ClN2O3S. The molecule has 3 rings (SSSR count). The summed E-state index contributed by atoms with van der Waals surface area (Å²) >= 11 is 5.86. The van der Waals surface area contributed by atoms with Gasteiger partial charge in [-0.3, -0.25) is 0 Å². The number of hydrogen-bond acceptors (Lipinski definition) is 4. The molecule has 0 aliphatic rings. The van der Waals surface area contributed by atoms with Crippen molar-refractivity contribution < 1.29 is 12.8 Å². The molecule has 0 radical (unpaired) electrons. The van der Waals surface area contributed by atoms with Crippen molar-refractivity contribution in [2.45, 2.75) is 4.90 Å². The zero-order chi connectivity index (χ0) is 18.7. The average Bonchev–Trinajstić information content (AvgIpc) is 3.08. The second-order valence-corrected chi connectivity index (χ2v) is 7.45. The van der Waals surface area contributed by atoms with Gasteiger partial charge in [-0.15, -0.1) is 0 Å². The highest BCUT2D eigenvalue weighted by Crippen LogP contribution is 2.26. The van der Waals surface area contributed by atoms with E-state index in [-0.39, 0.29) is 4.90 Å². The first-order chi connectivity index (χ1) is 12.4. The molecule has 3 aromatic rings. The molecule has 130 valence electrons. The molecule has 5 nitrogen and oxygen atoms in total. The normalized spacial score (nSPS) is 12.0. The van der Waals surface area contributed by atoms with Crippen molar-refractivity contribution in [1.29, 1.82) is 5.26 Å². The lowest BCUT2D eigenvalue weighted by Gasteiger charge is -2.00. The maximum absolute atomic E-state index is 11.3. The number of furan rings is 1. The summed E-state index contributed by atoms with van der Waals surface area (Å²) in [4.78, 5) is 0.0300. The van der Waals surface area contributed by atoms with E-state index in [0.29, 0.717) is 27.7 Å². The zero-order valence-electron chi connectivity index (χ0n) is 13.4. The van der Waals surface area contributed by atoms with Gasteiger partial charge in [0, 0.05) is 10.6 Å². The minimum atomic E-state index is -3.74. The van der Waals surface area contributed by atoms with Crippen molar-refractivity contribution in [3.05, 3.63) is 77.0 Å². The van der Waals surface area contributed by atoms with Gasteiger partial charge in [0.05, 0.1) is 16.5 Å². The van der Waals surface area contributed by atoms with Crippen molar-refractivity contribution >= 4 is 33.3 Å². The van der Waals surface area contributed by atoms with Gasteiger partial charge in [0.2, 0.25) is 10.0 Å². The number of benzene rings is 2. The van der Waals surface area contributed by atoms with Crippen LogP contribution in [0.15, 0.2) is 70.0 Å². The van der Waals surface area contributed by atoms with Crippen LogP contribution in [0.3, 0.4) is 0 Å². The molecule has 2 N–H and O–H groups in total. The molecule has 0 fully saturated rings. The molecule has 0 saturated carbocycles. The fraction of sp³-hybridized carbons (Fsp3) is 0. The Hall–Kier alpha value is -2.85. The molecule has 7 heteroatoms. The third-order valence-corrected chi connectivity index (χ3v) is 4.84. The van der Waals surface area contributed by atoms with Crippen LogP contribution >= 0.6 is 11.6 Å². The van der Waals surface area contributed by atoms with E-state index >= 15 is 0 Å². The van der Waals surface area contributed by atoms with E-state index in [9.17, 15) is 13.7 Å². The zero-order valence-corrected chi connectivity index (χ0v) is 15.0. The van der Waals surface area contributed by atoms with Gasteiger partial charge in [-0.25, -0.2) is 13.6 Å². The molecule has 1 heterocycles. The predicted octanol–water partition coefficient (Wildman–Crippen LogP) is 4.31. The maximum Gasteiger partial charge on any atom is 0.238 e. The highest BCUT2D eigenvalue weighted by Gasteiger charge is 2.10. The summed E-state index contributed by atoms with van der Waals surface area (Å²) < 4.78 is 28.3. The summed E-state index contributed by atoms with van der Waals surface area (Å²) in [6.45, 7) is 0. The van der Waals surface area contributed by atoms with Gasteiger partial charge in [-0.1, -0.05) is 23.7 Å². The number of nitriles is 1. The van der Waals surface area contributed by atoms with E-state index in [0.717, 1.165) is 5.56 Å². The number of nitrogens with zero attached hydrogens (tertiary/aromatic N) is 1. The van der Waals surface area contributed by atoms with Crippen molar-refractivity contribution in [2.75, 3.05) is 0 Å². The van der Waals surface area contributed by atoms with Crippen LogP contribution in [0.4, 0.5) is 0 Å². The van der Waals surface area contributed by atoms with Gasteiger partial charge >= 0.3 is 0 Å². The molecule has 0 aliphatic heterocycles. The van der Waals surface area contributed by atoms with E-state index in [2.05, 4.69) is 6.07 Å². The predicted molar refractivity (Wildman–Crippen MR) is 100 cm³/mol. The highest BCUT2D eigenvalue weighted by molar-refractivity contribution is 7.89. The lowest BCUT2D eigenvalue weighted by Crippen LogP contribution is -2.11. The Kier molecular flexibility index (Phi) is 4.96. The molecule has 0 unspecified atom stereocenters. The van der Waals surface area contributed by atoms with Crippen molar-refractivity contribution in [3.63, 3.8) is 0 Å². The lowest BCUT2D eigenvalue weighted by atomic mass is 10.1. The smallest absolute Gasteiger partial charge is 0.238 e. The van der Waals surface area contributed by atoms with Gasteiger partial charge in [0.1, 0.15) is 11.5 Å². The molecule has 0 amide bonds. The summed E-state index contributed by atoms with van der Waals surface area (Å²) in [6, 6.07) is 18.6. The summed E-state index contributed by atoms with van der Waals surface area (Å²) in [5.41, 5.74) is 1.86. The van der Waals surface area contributed by atoms with Crippen molar-refractivity contribution in [1.82, 2.24) is 0 Å². The summed E-state index contributed by atoms with van der Waals surface area (Å²) in [5, 5.41) is 15.1. The van der Waals surface area contributed by atoms with Crippen molar-refractivity contribution in [2.24, 2.45) is 5.14 Å². The number of nitrogens with two attached hydrogens (primary N) is 1. The first-order valence-electron chi connectivity index (χ1n) is 7.47. The van der Waals surface area contributed by atoms with E-state index < -0.39 is 10.0 Å². The summed E-state index contributed by atoms with van der Waals surface area (Å²) in [7, 11) is -3.74. The largest absolute Gasteiger partial charge is 0.457 e. The standard InChI is InChI=1S/C19H13ClN2O3S/c20-16-5-1-13(2-6-16)15(12-21)11-17-7-10-19(25-17)14-3-8-18(9-4-14)26(22,23)24/h1-11H,(H2,22,23,24). The van der Waals surface area contributed by atoms with Crippen LogP contribution in [0.2, 0.25) is 5.02 Å². The van der Waals surface area contributed by atoms with Crippen LogP contribution in [-0.4, -0.2) is 8.42 Å². The Balaban J connectivity index is 1.89. The monoisotopic (exact) mass is 384 g/mol. The number of primary sulfonamides is 1. The van der Waals surface area contributed by atoms with Crippen LogP contribution in [0, 0.1) is 11.3 Å². The van der Waals surface area contributed by atoms with E-state index in [1.165, 1.54) is 12.1 Å². The number of sulfonamides is 1. The minimum Gasteiger partial charge on any atom is -0.457 e. The van der Waals surface area contributed by atoms with Gasteiger partial charge in [0.15, 0.2) is 0 Å². The van der Waals surface area contributed by atoms with Crippen molar-refractivity contribution in [3.8, 4) is 17.4 Å². The highest BCUT2D eigenvalue weighted by atomic mass is 35.5. The molecule has 2 aromatic carbocycles. The number of halogens is 1. The molecule has 26 heavy (non-hydrogen) atoms. The van der Waals surface area contributed by atoms with E-state index in [1.54, 1.807) is 54.6 Å². The number of allylic oxidation sites excluding steroid dienone is 1. The average molecular weight is 385 g/mol. The van der Waals surface area contributed by atoms with Gasteiger partial charge < -0.3 is 4.42 Å². The molecular weight excluding hydrogens is 372 g/mol. The van der Waals surface area contributed by atoms with Gasteiger partial charge in [-0.2, -0.15) is 5.26 Å². The molecule has 0 bridgehead atoms. The molecule has 0 aliphatic carbocycles. The van der Waals surface area contributed by atoms with Crippen LogP contribution < -0.4 is 5.14 Å². The lowest BCUT2D eigenvalue weighted by molar-refractivity contribution is 0.571. The summed E-state index contributed by atoms with van der Waals surface area (Å²) in [5.74, 6) is 1.05. The Bertz CT molecular complexity index is 1110.